The number of benzene rings is 1. The van der Waals surface area contributed by atoms with Crippen LogP contribution in [-0.4, -0.2) is 43.6 Å². The predicted octanol–water partition coefficient (Wildman–Crippen LogP) is 3.16. The number of amides is 1. The zero-order chi connectivity index (χ0) is 17.7. The largest absolute Gasteiger partial charge is 0.462 e. The summed E-state index contributed by atoms with van der Waals surface area (Å²) in [5, 5.41) is 0. The molecule has 1 aromatic carbocycles. The van der Waals surface area contributed by atoms with Gasteiger partial charge in [-0.3, -0.25) is 4.79 Å². The summed E-state index contributed by atoms with van der Waals surface area (Å²) in [6.45, 7) is 4.54. The fraction of sp³-hybridized carbons (Fsp3) is 0.333. The Bertz CT molecular complexity index is 691. The van der Waals surface area contributed by atoms with Crippen LogP contribution in [0, 0.1) is 0 Å². The molecule has 0 fully saturated rings. The fourth-order valence-corrected chi connectivity index (χ4v) is 2.77. The molecule has 0 N–H and O–H groups in total. The lowest BCUT2D eigenvalue weighted by Gasteiger charge is -2.16. The quantitative estimate of drug-likeness (QED) is 0.550. The summed E-state index contributed by atoms with van der Waals surface area (Å²) in [6, 6.07) is 7.52. The molecule has 1 heterocycles. The summed E-state index contributed by atoms with van der Waals surface area (Å²) in [7, 11) is 1.57. The summed E-state index contributed by atoms with van der Waals surface area (Å²) in [5.74, 6) is -0.692. The normalized spacial score (nSPS) is 16.2. The molecule has 128 valence electrons. The molecule has 0 bridgehead atoms. The molecule has 0 atom stereocenters. The third kappa shape index (κ3) is 3.94. The van der Waals surface area contributed by atoms with Crippen molar-refractivity contribution >= 4 is 33.9 Å². The van der Waals surface area contributed by atoms with E-state index in [4.69, 9.17) is 9.47 Å². The third-order valence-corrected chi connectivity index (χ3v) is 4.22. The van der Waals surface area contributed by atoms with Crippen molar-refractivity contribution in [3.8, 4) is 0 Å². The van der Waals surface area contributed by atoms with Gasteiger partial charge in [0.25, 0.3) is 5.91 Å². The molecule has 0 saturated heterocycles. The first-order valence-corrected chi connectivity index (χ1v) is 8.45. The van der Waals surface area contributed by atoms with E-state index >= 15 is 0 Å². The van der Waals surface area contributed by atoms with Gasteiger partial charge in [0.2, 0.25) is 0 Å². The highest BCUT2D eigenvalue weighted by atomic mass is 79.9. The van der Waals surface area contributed by atoms with Crippen molar-refractivity contribution in [2.45, 2.75) is 13.8 Å². The van der Waals surface area contributed by atoms with Gasteiger partial charge in [-0.15, -0.1) is 0 Å². The van der Waals surface area contributed by atoms with Gasteiger partial charge in [0.05, 0.1) is 24.4 Å². The number of hydrogen-bond donors (Lipinski definition) is 0. The van der Waals surface area contributed by atoms with E-state index < -0.39 is 5.97 Å². The van der Waals surface area contributed by atoms with Gasteiger partial charge >= 0.3 is 5.97 Å². The van der Waals surface area contributed by atoms with Crippen molar-refractivity contribution < 1.29 is 19.1 Å². The van der Waals surface area contributed by atoms with Crippen molar-refractivity contribution in [3.63, 3.8) is 0 Å². The number of ether oxygens (including phenoxy) is 2. The van der Waals surface area contributed by atoms with E-state index in [0.717, 1.165) is 10.0 Å². The molecule has 1 amide bonds. The number of carbonyl (C=O) groups excluding carboxylic acids is 2. The Morgan fingerprint density at radius 1 is 1.29 bits per heavy atom. The van der Waals surface area contributed by atoms with E-state index in [0.29, 0.717) is 30.0 Å². The SMILES string of the molecule is CCOC(=O)C1=C(C)N(CCOC)C(=O)C1=Cc1ccc(Br)cc1. The van der Waals surface area contributed by atoms with Crippen LogP contribution < -0.4 is 0 Å². The van der Waals surface area contributed by atoms with Crippen LogP contribution in [-0.2, 0) is 19.1 Å². The third-order valence-electron chi connectivity index (χ3n) is 3.69. The molecule has 1 aliphatic heterocycles. The molecule has 5 nitrogen and oxygen atoms in total. The topological polar surface area (TPSA) is 55.8 Å². The summed E-state index contributed by atoms with van der Waals surface area (Å²) >= 11 is 3.38. The second kappa shape index (κ2) is 8.26. The fourth-order valence-electron chi connectivity index (χ4n) is 2.51. The van der Waals surface area contributed by atoms with E-state index in [1.54, 1.807) is 31.9 Å². The first-order chi connectivity index (χ1) is 11.5. The number of carbonyl (C=O) groups is 2. The highest BCUT2D eigenvalue weighted by molar-refractivity contribution is 9.10. The molecule has 0 saturated carbocycles. The molecule has 0 radical (unpaired) electrons. The second-order valence-electron chi connectivity index (χ2n) is 5.24. The van der Waals surface area contributed by atoms with E-state index in [9.17, 15) is 9.59 Å². The maximum absolute atomic E-state index is 12.8. The molecule has 0 aromatic heterocycles. The summed E-state index contributed by atoms with van der Waals surface area (Å²) in [5.41, 5.74) is 2.11. The Kier molecular flexibility index (Phi) is 6.34. The van der Waals surface area contributed by atoms with E-state index in [1.165, 1.54) is 0 Å². The van der Waals surface area contributed by atoms with E-state index in [-0.39, 0.29) is 12.5 Å². The molecule has 0 aliphatic carbocycles. The van der Waals surface area contributed by atoms with Crippen LogP contribution in [0.4, 0.5) is 0 Å². The molecule has 2 rings (SSSR count). The van der Waals surface area contributed by atoms with Gasteiger partial charge in [-0.1, -0.05) is 28.1 Å². The summed E-state index contributed by atoms with van der Waals surface area (Å²) in [6.07, 6.45) is 1.72. The van der Waals surface area contributed by atoms with Crippen LogP contribution in [0.2, 0.25) is 0 Å². The van der Waals surface area contributed by atoms with Crippen molar-refractivity contribution in [3.05, 3.63) is 51.1 Å². The maximum atomic E-state index is 12.8. The number of allylic oxidation sites excluding steroid dienone is 1. The van der Waals surface area contributed by atoms with Gasteiger partial charge in [0.15, 0.2) is 0 Å². The Labute approximate surface area is 150 Å². The first-order valence-electron chi connectivity index (χ1n) is 7.66. The minimum absolute atomic E-state index is 0.212. The highest BCUT2D eigenvalue weighted by Crippen LogP contribution is 2.31. The lowest BCUT2D eigenvalue weighted by Crippen LogP contribution is -2.28. The molecule has 1 aliphatic rings. The number of hydrogen-bond acceptors (Lipinski definition) is 4. The Balaban J connectivity index is 2.44. The zero-order valence-electron chi connectivity index (χ0n) is 14.0. The number of nitrogens with zero attached hydrogens (tertiary/aromatic N) is 1. The Morgan fingerprint density at radius 3 is 2.54 bits per heavy atom. The van der Waals surface area contributed by atoms with Gasteiger partial charge in [-0.05, 0) is 37.6 Å². The molecular weight excluding hydrogens is 374 g/mol. The molecular formula is C18H20BrNO4. The van der Waals surface area contributed by atoms with Crippen LogP contribution >= 0.6 is 15.9 Å². The molecule has 1 aromatic rings. The number of methoxy groups -OCH3 is 1. The van der Waals surface area contributed by atoms with Gasteiger partial charge in [-0.25, -0.2) is 4.79 Å². The van der Waals surface area contributed by atoms with Crippen LogP contribution in [0.1, 0.15) is 19.4 Å². The molecule has 0 unspecified atom stereocenters. The lowest BCUT2D eigenvalue weighted by molar-refractivity contribution is -0.138. The van der Waals surface area contributed by atoms with Crippen molar-refractivity contribution in [1.82, 2.24) is 4.90 Å². The monoisotopic (exact) mass is 393 g/mol. The smallest absolute Gasteiger partial charge is 0.340 e. The van der Waals surface area contributed by atoms with Crippen LogP contribution in [0.25, 0.3) is 6.08 Å². The van der Waals surface area contributed by atoms with Gasteiger partial charge < -0.3 is 14.4 Å². The lowest BCUT2D eigenvalue weighted by atomic mass is 10.0. The predicted molar refractivity (Wildman–Crippen MR) is 95.0 cm³/mol. The van der Waals surface area contributed by atoms with Crippen molar-refractivity contribution in [2.75, 3.05) is 26.9 Å². The van der Waals surface area contributed by atoms with Gasteiger partial charge in [0.1, 0.15) is 0 Å². The van der Waals surface area contributed by atoms with Crippen LogP contribution in [0.3, 0.4) is 0 Å². The highest BCUT2D eigenvalue weighted by Gasteiger charge is 2.36. The van der Waals surface area contributed by atoms with Crippen LogP contribution in [0.5, 0.6) is 0 Å². The summed E-state index contributed by atoms with van der Waals surface area (Å²) < 4.78 is 11.1. The van der Waals surface area contributed by atoms with Gasteiger partial charge in [0, 0.05) is 23.8 Å². The van der Waals surface area contributed by atoms with Gasteiger partial charge in [-0.2, -0.15) is 0 Å². The first kappa shape index (κ1) is 18.4. The average molecular weight is 394 g/mol. The maximum Gasteiger partial charge on any atom is 0.340 e. The number of rotatable bonds is 6. The minimum atomic E-state index is -0.480. The Morgan fingerprint density at radius 2 is 1.96 bits per heavy atom. The minimum Gasteiger partial charge on any atom is -0.462 e. The number of esters is 1. The van der Waals surface area contributed by atoms with Crippen LogP contribution in [0.15, 0.2) is 45.6 Å². The average Bonchev–Trinajstić information content (AvgIpc) is 2.78. The molecule has 6 heteroatoms. The van der Waals surface area contributed by atoms with Crippen molar-refractivity contribution in [1.29, 1.82) is 0 Å². The van der Waals surface area contributed by atoms with E-state index in [2.05, 4.69) is 15.9 Å². The van der Waals surface area contributed by atoms with E-state index in [1.807, 2.05) is 24.3 Å². The zero-order valence-corrected chi connectivity index (χ0v) is 15.6. The number of halogens is 1. The summed E-state index contributed by atoms with van der Waals surface area (Å²) in [4.78, 5) is 26.6. The Hall–Kier alpha value is -1.92. The molecule has 24 heavy (non-hydrogen) atoms. The standard InChI is InChI=1S/C18H20BrNO4/c1-4-24-18(22)16-12(2)20(9-10-23-3)17(21)15(16)11-13-5-7-14(19)8-6-13/h5-8,11H,4,9-10H2,1-3H3. The van der Waals surface area contributed by atoms with Crippen molar-refractivity contribution in [2.24, 2.45) is 0 Å². The second-order valence-corrected chi connectivity index (χ2v) is 6.16. The molecule has 0 spiro atoms.